The second-order valence-corrected chi connectivity index (χ2v) is 2.36. The third kappa shape index (κ3) is 2.03. The van der Waals surface area contributed by atoms with Gasteiger partial charge in [0.25, 0.3) is 0 Å². The van der Waals surface area contributed by atoms with E-state index in [2.05, 4.69) is 4.74 Å². The van der Waals surface area contributed by atoms with E-state index >= 15 is 0 Å². The molecule has 3 nitrogen and oxygen atoms in total. The number of carbonyl (C=O) groups is 1. The van der Waals surface area contributed by atoms with Crippen LogP contribution in [0.2, 0.25) is 0 Å². The maximum absolute atomic E-state index is 13.0. The average Bonchev–Trinajstić information content (AvgIpc) is 2.16. The van der Waals surface area contributed by atoms with Gasteiger partial charge in [0.05, 0.1) is 12.7 Å². The van der Waals surface area contributed by atoms with Gasteiger partial charge >= 0.3 is 5.97 Å². The Morgan fingerprint density at radius 2 is 2.31 bits per heavy atom. The molecule has 1 radical (unpaired) electrons. The summed E-state index contributed by atoms with van der Waals surface area (Å²) in [6, 6.07) is 3.71. The summed E-state index contributed by atoms with van der Waals surface area (Å²) in [5, 5.41) is 8.54. The van der Waals surface area contributed by atoms with Gasteiger partial charge in [0, 0.05) is 0 Å². The third-order valence-corrected chi connectivity index (χ3v) is 1.55. The molecule has 1 aromatic rings. The summed E-state index contributed by atoms with van der Waals surface area (Å²) in [5.41, 5.74) is 0.151. The molecule has 0 heterocycles. The summed E-state index contributed by atoms with van der Waals surface area (Å²) in [6.07, 6.45) is 0. The quantitative estimate of drug-likeness (QED) is 0.706. The zero-order valence-corrected chi connectivity index (χ0v) is 6.95. The minimum atomic E-state index is -0.734. The lowest BCUT2D eigenvalue weighted by Gasteiger charge is -2.01. The number of halogens is 1. The number of carbonyl (C=O) groups excluding carboxylic acids is 1. The van der Waals surface area contributed by atoms with Crippen molar-refractivity contribution >= 4 is 5.97 Å². The van der Waals surface area contributed by atoms with Crippen LogP contribution in [0, 0.1) is 12.4 Å². The maximum atomic E-state index is 13.0. The van der Waals surface area contributed by atoms with Crippen LogP contribution < -0.4 is 0 Å². The van der Waals surface area contributed by atoms with Gasteiger partial charge in [0.2, 0.25) is 0 Å². The average molecular weight is 183 g/mol. The van der Waals surface area contributed by atoms with Crippen molar-refractivity contribution in [2.24, 2.45) is 0 Å². The number of hydrogen-bond acceptors (Lipinski definition) is 3. The largest absolute Gasteiger partial charge is 0.465 e. The second-order valence-electron chi connectivity index (χ2n) is 2.36. The van der Waals surface area contributed by atoms with E-state index in [1.807, 2.05) is 0 Å². The van der Waals surface area contributed by atoms with E-state index < -0.39 is 11.8 Å². The molecule has 13 heavy (non-hydrogen) atoms. The highest BCUT2D eigenvalue weighted by molar-refractivity contribution is 5.89. The zero-order valence-electron chi connectivity index (χ0n) is 6.95. The minimum absolute atomic E-state index is 0.145. The Balaban J connectivity index is 3.05. The number of aliphatic hydroxyl groups excluding tert-OH is 1. The molecular weight excluding hydrogens is 175 g/mol. The Bertz CT molecular complexity index is 323. The Labute approximate surface area is 74.8 Å². The molecule has 0 amide bonds. The molecule has 0 bridgehead atoms. The third-order valence-electron chi connectivity index (χ3n) is 1.55. The van der Waals surface area contributed by atoms with E-state index in [1.165, 1.54) is 19.2 Å². The molecule has 0 aliphatic heterocycles. The van der Waals surface area contributed by atoms with Crippen LogP contribution in [0.5, 0.6) is 0 Å². The highest BCUT2D eigenvalue weighted by Gasteiger charge is 2.11. The lowest BCUT2D eigenvalue weighted by Crippen LogP contribution is -2.04. The lowest BCUT2D eigenvalue weighted by atomic mass is 10.1. The van der Waals surface area contributed by atoms with Gasteiger partial charge in [0.15, 0.2) is 0 Å². The topological polar surface area (TPSA) is 46.5 Å². The van der Waals surface area contributed by atoms with Crippen LogP contribution >= 0.6 is 0 Å². The number of esters is 1. The first-order valence-corrected chi connectivity index (χ1v) is 3.54. The molecule has 0 unspecified atom stereocenters. The van der Waals surface area contributed by atoms with Gasteiger partial charge in [-0.25, -0.2) is 9.18 Å². The zero-order chi connectivity index (χ0) is 9.84. The van der Waals surface area contributed by atoms with Crippen LogP contribution in [-0.4, -0.2) is 18.2 Å². The van der Waals surface area contributed by atoms with E-state index in [9.17, 15) is 9.18 Å². The molecule has 4 heteroatoms. The summed E-state index contributed by atoms with van der Waals surface area (Å²) in [7, 11) is 1.17. The molecule has 1 aromatic carbocycles. The van der Waals surface area contributed by atoms with E-state index in [0.717, 1.165) is 12.7 Å². The molecule has 0 aromatic heterocycles. The summed E-state index contributed by atoms with van der Waals surface area (Å²) >= 11 is 0. The molecular formula is C9H8FO3. The van der Waals surface area contributed by atoms with E-state index in [-0.39, 0.29) is 5.56 Å². The maximum Gasteiger partial charge on any atom is 0.340 e. The smallest absolute Gasteiger partial charge is 0.340 e. The minimum Gasteiger partial charge on any atom is -0.465 e. The van der Waals surface area contributed by atoms with E-state index in [4.69, 9.17) is 5.11 Å². The number of hydrogen-bond donors (Lipinski definition) is 1. The van der Waals surface area contributed by atoms with Crippen LogP contribution in [0.4, 0.5) is 4.39 Å². The van der Waals surface area contributed by atoms with Gasteiger partial charge in [-0.05, 0) is 17.7 Å². The molecule has 0 spiro atoms. The normalized spacial score (nSPS) is 9.77. The van der Waals surface area contributed by atoms with Gasteiger partial charge in [-0.15, -0.1) is 0 Å². The highest BCUT2D eigenvalue weighted by Crippen LogP contribution is 2.11. The Kier molecular flexibility index (Phi) is 2.97. The fourth-order valence-electron chi connectivity index (χ4n) is 0.887. The summed E-state index contributed by atoms with van der Waals surface area (Å²) in [5.74, 6) is -1.45. The Hall–Kier alpha value is -1.42. The van der Waals surface area contributed by atoms with Crippen molar-refractivity contribution in [1.82, 2.24) is 0 Å². The van der Waals surface area contributed by atoms with Gasteiger partial charge < -0.3 is 9.84 Å². The monoisotopic (exact) mass is 183 g/mol. The molecule has 0 atom stereocenters. The van der Waals surface area contributed by atoms with Crippen LogP contribution in [0.15, 0.2) is 18.2 Å². The highest BCUT2D eigenvalue weighted by atomic mass is 19.1. The first-order chi connectivity index (χ1) is 6.19. The first-order valence-electron chi connectivity index (χ1n) is 3.54. The summed E-state index contributed by atoms with van der Waals surface area (Å²) in [6.45, 7) is 0.754. The number of ether oxygens (including phenoxy) is 1. The van der Waals surface area contributed by atoms with Crippen molar-refractivity contribution in [3.8, 4) is 0 Å². The molecule has 0 saturated heterocycles. The van der Waals surface area contributed by atoms with E-state index in [0.29, 0.717) is 5.56 Å². The fraction of sp³-hybridized carbons (Fsp3) is 0.111. The second kappa shape index (κ2) is 4.00. The van der Waals surface area contributed by atoms with Gasteiger partial charge in [-0.3, -0.25) is 0 Å². The Morgan fingerprint density at radius 1 is 1.62 bits per heavy atom. The Morgan fingerprint density at radius 3 is 2.77 bits per heavy atom. The van der Waals surface area contributed by atoms with Gasteiger partial charge in [-0.2, -0.15) is 0 Å². The number of rotatable bonds is 2. The van der Waals surface area contributed by atoms with Crippen LogP contribution in [0.3, 0.4) is 0 Å². The molecule has 0 fully saturated rings. The number of aliphatic hydroxyl groups is 1. The number of benzene rings is 1. The molecule has 0 aliphatic rings. The van der Waals surface area contributed by atoms with Crippen molar-refractivity contribution in [3.63, 3.8) is 0 Å². The van der Waals surface area contributed by atoms with Crippen LogP contribution in [-0.2, 0) is 4.74 Å². The van der Waals surface area contributed by atoms with Crippen molar-refractivity contribution in [3.05, 3.63) is 41.8 Å². The van der Waals surface area contributed by atoms with Crippen molar-refractivity contribution in [1.29, 1.82) is 0 Å². The lowest BCUT2D eigenvalue weighted by molar-refractivity contribution is 0.0595. The van der Waals surface area contributed by atoms with Crippen molar-refractivity contribution < 1.29 is 19.0 Å². The SMILES string of the molecule is COC(=O)c1ccc([CH]O)cc1F. The van der Waals surface area contributed by atoms with Gasteiger partial charge in [-0.1, -0.05) is 6.07 Å². The van der Waals surface area contributed by atoms with Crippen molar-refractivity contribution in [2.75, 3.05) is 7.11 Å². The predicted octanol–water partition coefficient (Wildman–Crippen LogP) is 1.49. The predicted molar refractivity (Wildman–Crippen MR) is 43.1 cm³/mol. The number of methoxy groups -OCH3 is 1. The summed E-state index contributed by atoms with van der Waals surface area (Å²) < 4.78 is 17.4. The molecule has 0 saturated carbocycles. The summed E-state index contributed by atoms with van der Waals surface area (Å²) in [4.78, 5) is 10.9. The van der Waals surface area contributed by atoms with Crippen LogP contribution in [0.25, 0.3) is 0 Å². The van der Waals surface area contributed by atoms with E-state index in [1.54, 1.807) is 0 Å². The standard InChI is InChI=1S/C9H8FO3/c1-13-9(12)7-3-2-6(5-11)4-8(7)10/h2-5,11H,1H3. The van der Waals surface area contributed by atoms with Gasteiger partial charge in [0.1, 0.15) is 12.4 Å². The van der Waals surface area contributed by atoms with Crippen LogP contribution in [0.1, 0.15) is 15.9 Å². The van der Waals surface area contributed by atoms with Crippen molar-refractivity contribution in [2.45, 2.75) is 0 Å². The fourth-order valence-corrected chi connectivity index (χ4v) is 0.887. The molecule has 1 N–H and O–H groups in total. The first kappa shape index (κ1) is 9.67. The molecule has 0 aliphatic carbocycles. The molecule has 69 valence electrons. The molecule has 1 rings (SSSR count).